The molecule has 5 nitrogen and oxygen atoms in total. The maximum Gasteiger partial charge on any atom is 0.240 e. The molecule has 2 N–H and O–H groups in total. The zero-order valence-corrected chi connectivity index (χ0v) is 13.2. The van der Waals surface area contributed by atoms with Crippen molar-refractivity contribution in [2.45, 2.75) is 65.6 Å². The van der Waals surface area contributed by atoms with Gasteiger partial charge in [-0.1, -0.05) is 13.8 Å². The van der Waals surface area contributed by atoms with E-state index >= 15 is 0 Å². The molecule has 2 rings (SSSR count). The lowest BCUT2D eigenvalue weighted by atomic mass is 10.1. The van der Waals surface area contributed by atoms with Crippen LogP contribution in [0.5, 0.6) is 0 Å². The van der Waals surface area contributed by atoms with Crippen molar-refractivity contribution in [1.29, 1.82) is 0 Å². The van der Waals surface area contributed by atoms with Crippen molar-refractivity contribution in [1.82, 2.24) is 20.2 Å². The standard InChI is InChI=1S/C15H26N4O/c1-10(2)14-17-11-8-16-7-6-12(11)19(14)9-13(20)18-15(3,4)5/h10,16H,6-9H2,1-5H3,(H,18,20). The van der Waals surface area contributed by atoms with E-state index in [0.717, 1.165) is 31.0 Å². The topological polar surface area (TPSA) is 59.0 Å². The first-order valence-corrected chi connectivity index (χ1v) is 7.38. The van der Waals surface area contributed by atoms with Gasteiger partial charge in [-0.25, -0.2) is 4.98 Å². The first-order valence-electron chi connectivity index (χ1n) is 7.38. The molecule has 0 aliphatic carbocycles. The molecular formula is C15H26N4O. The minimum atomic E-state index is -0.197. The predicted octanol–water partition coefficient (Wildman–Crippen LogP) is 1.57. The number of fused-ring (bicyclic) bond motifs is 1. The Balaban J connectivity index is 2.25. The second-order valence-corrected chi connectivity index (χ2v) is 6.83. The summed E-state index contributed by atoms with van der Waals surface area (Å²) in [6.07, 6.45) is 0.942. The monoisotopic (exact) mass is 278 g/mol. The molecule has 0 atom stereocenters. The summed E-state index contributed by atoms with van der Waals surface area (Å²) in [6.45, 7) is 12.4. The number of rotatable bonds is 3. The van der Waals surface area contributed by atoms with E-state index in [4.69, 9.17) is 4.98 Å². The second-order valence-electron chi connectivity index (χ2n) is 6.83. The van der Waals surface area contributed by atoms with Gasteiger partial charge in [0.05, 0.1) is 5.69 Å². The van der Waals surface area contributed by atoms with Crippen LogP contribution in [-0.2, 0) is 24.3 Å². The van der Waals surface area contributed by atoms with Gasteiger partial charge in [-0.15, -0.1) is 0 Å². The molecule has 0 bridgehead atoms. The van der Waals surface area contributed by atoms with Crippen molar-refractivity contribution in [2.75, 3.05) is 6.54 Å². The minimum Gasteiger partial charge on any atom is -0.350 e. The summed E-state index contributed by atoms with van der Waals surface area (Å²) in [5.41, 5.74) is 2.12. The molecule has 0 aromatic carbocycles. The number of carbonyl (C=O) groups excluding carboxylic acids is 1. The van der Waals surface area contributed by atoms with Crippen LogP contribution in [0.1, 0.15) is 57.7 Å². The van der Waals surface area contributed by atoms with Gasteiger partial charge in [-0.3, -0.25) is 4.79 Å². The number of imidazole rings is 1. The van der Waals surface area contributed by atoms with E-state index in [1.54, 1.807) is 0 Å². The van der Waals surface area contributed by atoms with Crippen molar-refractivity contribution in [2.24, 2.45) is 0 Å². The third-order valence-corrected chi connectivity index (χ3v) is 3.35. The summed E-state index contributed by atoms with van der Waals surface area (Å²) in [7, 11) is 0. The highest BCUT2D eigenvalue weighted by molar-refractivity contribution is 5.76. The molecule has 1 aliphatic rings. The van der Waals surface area contributed by atoms with E-state index < -0.39 is 0 Å². The maximum atomic E-state index is 12.2. The molecule has 20 heavy (non-hydrogen) atoms. The summed E-state index contributed by atoms with van der Waals surface area (Å²) in [5.74, 6) is 1.39. The minimum absolute atomic E-state index is 0.0538. The Hall–Kier alpha value is -1.36. The van der Waals surface area contributed by atoms with Crippen LogP contribution in [0.15, 0.2) is 0 Å². The molecule has 112 valence electrons. The molecule has 0 saturated heterocycles. The zero-order chi connectivity index (χ0) is 14.9. The van der Waals surface area contributed by atoms with Crippen LogP contribution in [0, 0.1) is 0 Å². The van der Waals surface area contributed by atoms with Crippen LogP contribution >= 0.6 is 0 Å². The number of hydrogen-bond acceptors (Lipinski definition) is 3. The van der Waals surface area contributed by atoms with Gasteiger partial charge < -0.3 is 15.2 Å². The number of nitrogens with zero attached hydrogens (tertiary/aromatic N) is 2. The van der Waals surface area contributed by atoms with Crippen molar-refractivity contribution in [3.8, 4) is 0 Å². The molecule has 0 spiro atoms. The molecule has 0 radical (unpaired) electrons. The summed E-state index contributed by atoms with van der Waals surface area (Å²) < 4.78 is 2.11. The van der Waals surface area contributed by atoms with Gasteiger partial charge in [0.1, 0.15) is 12.4 Å². The number of amides is 1. The van der Waals surface area contributed by atoms with E-state index in [-0.39, 0.29) is 11.4 Å². The normalized spacial score (nSPS) is 15.3. The fourth-order valence-corrected chi connectivity index (χ4v) is 2.61. The van der Waals surface area contributed by atoms with E-state index in [1.807, 2.05) is 20.8 Å². The number of carbonyl (C=O) groups is 1. The molecule has 2 heterocycles. The highest BCUT2D eigenvalue weighted by atomic mass is 16.2. The van der Waals surface area contributed by atoms with Crippen LogP contribution in [0.4, 0.5) is 0 Å². The van der Waals surface area contributed by atoms with Crippen molar-refractivity contribution < 1.29 is 4.79 Å². The van der Waals surface area contributed by atoms with E-state index in [2.05, 4.69) is 29.0 Å². The van der Waals surface area contributed by atoms with E-state index in [1.165, 1.54) is 5.69 Å². The van der Waals surface area contributed by atoms with Crippen LogP contribution in [-0.4, -0.2) is 27.5 Å². The summed E-state index contributed by atoms with van der Waals surface area (Å²) in [4.78, 5) is 16.9. The molecule has 1 amide bonds. The van der Waals surface area contributed by atoms with Gasteiger partial charge in [0.2, 0.25) is 5.91 Å². The van der Waals surface area contributed by atoms with E-state index in [0.29, 0.717) is 12.5 Å². The first kappa shape index (κ1) is 15.0. The predicted molar refractivity (Wildman–Crippen MR) is 79.6 cm³/mol. The quantitative estimate of drug-likeness (QED) is 0.882. The van der Waals surface area contributed by atoms with Crippen molar-refractivity contribution in [3.63, 3.8) is 0 Å². The maximum absolute atomic E-state index is 12.2. The van der Waals surface area contributed by atoms with Crippen molar-refractivity contribution >= 4 is 5.91 Å². The van der Waals surface area contributed by atoms with Crippen LogP contribution < -0.4 is 10.6 Å². The van der Waals surface area contributed by atoms with Crippen LogP contribution in [0.2, 0.25) is 0 Å². The Labute approximate surface area is 121 Å². The van der Waals surface area contributed by atoms with Gasteiger partial charge in [0.15, 0.2) is 0 Å². The van der Waals surface area contributed by atoms with Gasteiger partial charge in [-0.05, 0) is 20.8 Å². The highest BCUT2D eigenvalue weighted by Crippen LogP contribution is 2.21. The molecule has 1 aliphatic heterocycles. The second kappa shape index (κ2) is 5.56. The molecule has 1 aromatic heterocycles. The smallest absolute Gasteiger partial charge is 0.240 e. The van der Waals surface area contributed by atoms with E-state index in [9.17, 15) is 4.79 Å². The number of nitrogens with one attached hydrogen (secondary N) is 2. The Bertz CT molecular complexity index is 497. The Morgan fingerprint density at radius 1 is 1.45 bits per heavy atom. The Morgan fingerprint density at radius 2 is 2.15 bits per heavy atom. The Kier molecular flexibility index (Phi) is 4.18. The van der Waals surface area contributed by atoms with Crippen LogP contribution in [0.25, 0.3) is 0 Å². The van der Waals surface area contributed by atoms with Gasteiger partial charge in [-0.2, -0.15) is 0 Å². The van der Waals surface area contributed by atoms with Crippen LogP contribution in [0.3, 0.4) is 0 Å². The molecule has 0 fully saturated rings. The molecular weight excluding hydrogens is 252 g/mol. The van der Waals surface area contributed by atoms with Gasteiger partial charge >= 0.3 is 0 Å². The zero-order valence-electron chi connectivity index (χ0n) is 13.2. The third kappa shape index (κ3) is 3.39. The van der Waals surface area contributed by atoms with Crippen molar-refractivity contribution in [3.05, 3.63) is 17.2 Å². The lowest BCUT2D eigenvalue weighted by Gasteiger charge is -2.22. The molecule has 0 saturated carbocycles. The third-order valence-electron chi connectivity index (χ3n) is 3.35. The average molecular weight is 278 g/mol. The average Bonchev–Trinajstić information content (AvgIpc) is 2.66. The molecule has 1 aromatic rings. The van der Waals surface area contributed by atoms with Gasteiger partial charge in [0.25, 0.3) is 0 Å². The summed E-state index contributed by atoms with van der Waals surface area (Å²) in [6, 6.07) is 0. The molecule has 5 heteroatoms. The summed E-state index contributed by atoms with van der Waals surface area (Å²) in [5, 5.41) is 6.36. The first-order chi connectivity index (χ1) is 9.28. The fraction of sp³-hybridized carbons (Fsp3) is 0.733. The highest BCUT2D eigenvalue weighted by Gasteiger charge is 2.23. The summed E-state index contributed by atoms with van der Waals surface area (Å²) >= 11 is 0. The molecule has 0 unspecified atom stereocenters. The largest absolute Gasteiger partial charge is 0.350 e. The van der Waals surface area contributed by atoms with Gasteiger partial charge in [0, 0.05) is 36.7 Å². The number of hydrogen-bond donors (Lipinski definition) is 2. The Morgan fingerprint density at radius 3 is 2.75 bits per heavy atom. The lowest BCUT2D eigenvalue weighted by Crippen LogP contribution is -2.42. The number of aromatic nitrogens is 2. The lowest BCUT2D eigenvalue weighted by molar-refractivity contribution is -0.123. The fourth-order valence-electron chi connectivity index (χ4n) is 2.61. The SMILES string of the molecule is CC(C)c1nc2c(n1CC(=O)NC(C)(C)C)CCNC2.